The Balaban J connectivity index is 1.49. The number of aliphatic imine (C=N–C) groups is 1. The number of methoxy groups -OCH3 is 1. The van der Waals surface area contributed by atoms with Crippen molar-refractivity contribution in [1.29, 1.82) is 0 Å². The predicted molar refractivity (Wildman–Crippen MR) is 123 cm³/mol. The van der Waals surface area contributed by atoms with Gasteiger partial charge in [-0.1, -0.05) is 12.1 Å². The number of likely N-dealkylation sites (N-methyl/N-ethyl adjacent to an activating group) is 1. The summed E-state index contributed by atoms with van der Waals surface area (Å²) in [5, 5.41) is 0.626. The van der Waals surface area contributed by atoms with Crippen molar-refractivity contribution in [2.24, 2.45) is 4.99 Å². The van der Waals surface area contributed by atoms with Gasteiger partial charge in [0.25, 0.3) is 5.91 Å². The van der Waals surface area contributed by atoms with Crippen LogP contribution in [0.3, 0.4) is 0 Å². The van der Waals surface area contributed by atoms with E-state index in [2.05, 4.69) is 9.89 Å². The molecule has 1 amide bonds. The lowest BCUT2D eigenvalue weighted by Gasteiger charge is -2.28. The van der Waals surface area contributed by atoms with Crippen molar-refractivity contribution in [2.75, 3.05) is 45.4 Å². The fraction of sp³-hybridized carbons (Fsp3) is 0.261. The van der Waals surface area contributed by atoms with Crippen LogP contribution < -0.4 is 4.90 Å². The number of esters is 1. The maximum atomic E-state index is 12.7. The molecule has 2 heterocycles. The number of rotatable bonds is 4. The standard InChI is InChI=1S/C23H23N3O4S/c1-25-21(27)20(15-16-3-5-17(6-4-16)22(28)29-2)31-23(25)24-18-7-9-19(10-8-18)26-11-13-30-14-12-26/h3-10,15H,11-14H2,1-2H3. The minimum Gasteiger partial charge on any atom is -0.465 e. The van der Waals surface area contributed by atoms with Crippen LogP contribution in [0.4, 0.5) is 11.4 Å². The Morgan fingerprint density at radius 3 is 2.42 bits per heavy atom. The summed E-state index contributed by atoms with van der Waals surface area (Å²) in [6, 6.07) is 14.9. The molecule has 0 saturated carbocycles. The van der Waals surface area contributed by atoms with Crippen molar-refractivity contribution in [3.63, 3.8) is 0 Å². The molecule has 0 aromatic heterocycles. The third-order valence-electron chi connectivity index (χ3n) is 5.08. The van der Waals surface area contributed by atoms with Crippen LogP contribution in [0.1, 0.15) is 15.9 Å². The first kappa shape index (κ1) is 21.1. The number of carbonyl (C=O) groups is 2. The summed E-state index contributed by atoms with van der Waals surface area (Å²) in [6.07, 6.45) is 1.80. The van der Waals surface area contributed by atoms with Gasteiger partial charge in [0.05, 0.1) is 36.5 Å². The molecule has 0 N–H and O–H groups in total. The van der Waals surface area contributed by atoms with E-state index >= 15 is 0 Å². The quantitative estimate of drug-likeness (QED) is 0.538. The molecule has 2 aromatic rings. The molecule has 7 nitrogen and oxygen atoms in total. The molecule has 0 aliphatic carbocycles. The minimum atomic E-state index is -0.390. The lowest BCUT2D eigenvalue weighted by atomic mass is 10.1. The van der Waals surface area contributed by atoms with Crippen LogP contribution >= 0.6 is 11.8 Å². The first-order valence-corrected chi connectivity index (χ1v) is 10.7. The highest BCUT2D eigenvalue weighted by atomic mass is 32.2. The molecule has 31 heavy (non-hydrogen) atoms. The normalized spacial score (nSPS) is 19.4. The van der Waals surface area contributed by atoms with E-state index in [9.17, 15) is 9.59 Å². The molecule has 0 bridgehead atoms. The van der Waals surface area contributed by atoms with Gasteiger partial charge in [-0.15, -0.1) is 0 Å². The van der Waals surface area contributed by atoms with Gasteiger partial charge in [0.15, 0.2) is 5.17 Å². The van der Waals surface area contributed by atoms with E-state index in [1.165, 1.54) is 18.9 Å². The second-order valence-corrected chi connectivity index (χ2v) is 8.11. The van der Waals surface area contributed by atoms with Crippen LogP contribution in [0.5, 0.6) is 0 Å². The van der Waals surface area contributed by atoms with E-state index in [0.717, 1.165) is 43.2 Å². The molecule has 2 aliphatic rings. The zero-order valence-electron chi connectivity index (χ0n) is 17.4. The molecule has 0 atom stereocenters. The molecule has 2 saturated heterocycles. The summed E-state index contributed by atoms with van der Waals surface area (Å²) in [5.74, 6) is -0.495. The molecule has 0 spiro atoms. The molecule has 8 heteroatoms. The van der Waals surface area contributed by atoms with Crippen molar-refractivity contribution in [2.45, 2.75) is 0 Å². The van der Waals surface area contributed by atoms with Crippen LogP contribution in [0, 0.1) is 0 Å². The summed E-state index contributed by atoms with van der Waals surface area (Å²) in [5.41, 5.74) is 3.23. The maximum Gasteiger partial charge on any atom is 0.337 e. The van der Waals surface area contributed by atoms with Crippen molar-refractivity contribution in [3.05, 3.63) is 64.6 Å². The number of benzene rings is 2. The fourth-order valence-corrected chi connectivity index (χ4v) is 4.29. The number of amides is 1. The summed E-state index contributed by atoms with van der Waals surface area (Å²) in [7, 11) is 3.07. The summed E-state index contributed by atoms with van der Waals surface area (Å²) >= 11 is 1.33. The number of hydrogen-bond donors (Lipinski definition) is 0. The fourth-order valence-electron chi connectivity index (χ4n) is 3.31. The van der Waals surface area contributed by atoms with Crippen LogP contribution in [0.2, 0.25) is 0 Å². The zero-order valence-corrected chi connectivity index (χ0v) is 18.2. The van der Waals surface area contributed by atoms with Crippen LogP contribution in [-0.2, 0) is 14.3 Å². The Morgan fingerprint density at radius 1 is 1.10 bits per heavy atom. The van der Waals surface area contributed by atoms with Gasteiger partial charge in [-0.3, -0.25) is 9.69 Å². The number of carbonyl (C=O) groups excluding carboxylic acids is 2. The van der Waals surface area contributed by atoms with Crippen molar-refractivity contribution < 1.29 is 19.1 Å². The topological polar surface area (TPSA) is 71.4 Å². The first-order chi connectivity index (χ1) is 15.0. The molecule has 0 radical (unpaired) electrons. The van der Waals surface area contributed by atoms with E-state index in [1.807, 2.05) is 24.3 Å². The average molecular weight is 438 g/mol. The van der Waals surface area contributed by atoms with Crippen LogP contribution in [0.15, 0.2) is 58.4 Å². The van der Waals surface area contributed by atoms with Crippen molar-refractivity contribution >= 4 is 46.3 Å². The van der Waals surface area contributed by atoms with Gasteiger partial charge < -0.3 is 14.4 Å². The molecule has 2 aromatic carbocycles. The maximum absolute atomic E-state index is 12.7. The molecule has 0 unspecified atom stereocenters. The van der Waals surface area contributed by atoms with Gasteiger partial charge in [0, 0.05) is 25.8 Å². The number of hydrogen-bond acceptors (Lipinski definition) is 7. The van der Waals surface area contributed by atoms with Crippen LogP contribution in [0.25, 0.3) is 6.08 Å². The lowest BCUT2D eigenvalue weighted by molar-refractivity contribution is -0.121. The number of nitrogens with zero attached hydrogens (tertiary/aromatic N) is 3. The van der Waals surface area contributed by atoms with E-state index in [4.69, 9.17) is 9.47 Å². The number of ether oxygens (including phenoxy) is 2. The van der Waals surface area contributed by atoms with Gasteiger partial charge in [0.1, 0.15) is 0 Å². The summed E-state index contributed by atoms with van der Waals surface area (Å²) in [6.45, 7) is 3.26. The van der Waals surface area contributed by atoms with E-state index < -0.39 is 0 Å². The Hall–Kier alpha value is -3.10. The molecular formula is C23H23N3O4S. The highest BCUT2D eigenvalue weighted by molar-refractivity contribution is 8.18. The monoisotopic (exact) mass is 437 g/mol. The summed E-state index contributed by atoms with van der Waals surface area (Å²) in [4.78, 5) is 33.3. The van der Waals surface area contributed by atoms with E-state index in [-0.39, 0.29) is 11.9 Å². The largest absolute Gasteiger partial charge is 0.465 e. The van der Waals surface area contributed by atoms with E-state index in [0.29, 0.717) is 15.6 Å². The number of thioether (sulfide) groups is 1. The van der Waals surface area contributed by atoms with Crippen molar-refractivity contribution in [3.8, 4) is 0 Å². The Morgan fingerprint density at radius 2 is 1.77 bits per heavy atom. The number of amidine groups is 1. The van der Waals surface area contributed by atoms with Gasteiger partial charge in [-0.25, -0.2) is 9.79 Å². The smallest absolute Gasteiger partial charge is 0.337 e. The van der Waals surface area contributed by atoms with E-state index in [1.54, 1.807) is 42.3 Å². The van der Waals surface area contributed by atoms with Gasteiger partial charge in [-0.05, 0) is 59.8 Å². The predicted octanol–water partition coefficient (Wildman–Crippen LogP) is 3.54. The first-order valence-electron chi connectivity index (χ1n) is 9.92. The minimum absolute atomic E-state index is 0.106. The lowest BCUT2D eigenvalue weighted by Crippen LogP contribution is -2.36. The Bertz CT molecular complexity index is 1030. The third kappa shape index (κ3) is 4.81. The molecule has 160 valence electrons. The van der Waals surface area contributed by atoms with Gasteiger partial charge in [0.2, 0.25) is 0 Å². The zero-order chi connectivity index (χ0) is 21.8. The highest BCUT2D eigenvalue weighted by Crippen LogP contribution is 2.33. The number of anilines is 1. The number of morpholine rings is 1. The van der Waals surface area contributed by atoms with Crippen molar-refractivity contribution in [1.82, 2.24) is 4.90 Å². The Labute approximate surface area is 185 Å². The van der Waals surface area contributed by atoms with Gasteiger partial charge >= 0.3 is 5.97 Å². The molecular weight excluding hydrogens is 414 g/mol. The summed E-state index contributed by atoms with van der Waals surface area (Å²) < 4.78 is 10.1. The molecule has 2 aliphatic heterocycles. The van der Waals surface area contributed by atoms with Gasteiger partial charge in [-0.2, -0.15) is 0 Å². The second kappa shape index (κ2) is 9.36. The third-order valence-corrected chi connectivity index (χ3v) is 6.14. The average Bonchev–Trinajstić information content (AvgIpc) is 3.07. The SMILES string of the molecule is COC(=O)c1ccc(C=C2SC(=Nc3ccc(N4CCOCC4)cc3)N(C)C2=O)cc1. The molecule has 2 fully saturated rings. The second-order valence-electron chi connectivity index (χ2n) is 7.10. The Kier molecular flexibility index (Phi) is 6.39. The van der Waals surface area contributed by atoms with Crippen LogP contribution in [-0.4, -0.2) is 62.4 Å². The highest BCUT2D eigenvalue weighted by Gasteiger charge is 2.30. The molecule has 4 rings (SSSR count).